The fourth-order valence-electron chi connectivity index (χ4n) is 2.18. The maximum absolute atomic E-state index is 12.1. The zero-order valence-electron chi connectivity index (χ0n) is 16.9. The number of hydrogen-bond acceptors (Lipinski definition) is 7. The van der Waals surface area contributed by atoms with Gasteiger partial charge in [-0.1, -0.05) is 31.5 Å². The number of aryl methyl sites for hydroxylation is 2. The van der Waals surface area contributed by atoms with Crippen LogP contribution in [0.5, 0.6) is 0 Å². The molecule has 29 heavy (non-hydrogen) atoms. The largest absolute Gasteiger partial charge is 0.461 e. The predicted octanol–water partition coefficient (Wildman–Crippen LogP) is 3.88. The number of ether oxygens (including phenoxy) is 1. The van der Waals surface area contributed by atoms with Crippen LogP contribution in [0.2, 0.25) is 0 Å². The SMILES string of the molecule is Cc1ccc(NC(=O)CSCC(=O)Nc2nc(C(=O)OCC(C)C)c(C)s2)cc1. The lowest BCUT2D eigenvalue weighted by molar-refractivity contribution is -0.114. The lowest BCUT2D eigenvalue weighted by atomic mass is 10.2. The highest BCUT2D eigenvalue weighted by Gasteiger charge is 2.18. The normalized spacial score (nSPS) is 10.7. The molecule has 156 valence electrons. The van der Waals surface area contributed by atoms with Gasteiger partial charge in [-0.15, -0.1) is 23.1 Å². The van der Waals surface area contributed by atoms with Crippen molar-refractivity contribution in [1.82, 2.24) is 4.98 Å². The van der Waals surface area contributed by atoms with E-state index in [1.807, 2.05) is 45.0 Å². The molecule has 0 fully saturated rings. The molecule has 2 aromatic rings. The van der Waals surface area contributed by atoms with Gasteiger partial charge in [0.05, 0.1) is 18.1 Å². The molecule has 7 nitrogen and oxygen atoms in total. The van der Waals surface area contributed by atoms with Crippen molar-refractivity contribution in [1.29, 1.82) is 0 Å². The molecule has 1 heterocycles. The van der Waals surface area contributed by atoms with Crippen LogP contribution in [0.1, 0.15) is 34.8 Å². The number of thioether (sulfide) groups is 1. The third-order valence-corrected chi connectivity index (χ3v) is 5.40. The number of thiazole rings is 1. The molecule has 0 aliphatic carbocycles. The van der Waals surface area contributed by atoms with Gasteiger partial charge in [0.1, 0.15) is 0 Å². The fourth-order valence-corrected chi connectivity index (χ4v) is 3.61. The average molecular weight is 436 g/mol. The Hall–Kier alpha value is -2.39. The Morgan fingerprint density at radius 3 is 2.31 bits per heavy atom. The van der Waals surface area contributed by atoms with Crippen LogP contribution >= 0.6 is 23.1 Å². The zero-order chi connectivity index (χ0) is 21.4. The maximum Gasteiger partial charge on any atom is 0.358 e. The molecule has 0 atom stereocenters. The topological polar surface area (TPSA) is 97.4 Å². The molecular formula is C20H25N3O4S2. The number of nitrogens with zero attached hydrogens (tertiary/aromatic N) is 1. The number of benzene rings is 1. The lowest BCUT2D eigenvalue weighted by Gasteiger charge is -2.06. The first kappa shape index (κ1) is 22.9. The lowest BCUT2D eigenvalue weighted by Crippen LogP contribution is -2.18. The van der Waals surface area contributed by atoms with E-state index in [0.29, 0.717) is 16.6 Å². The van der Waals surface area contributed by atoms with Crippen LogP contribution in [-0.4, -0.2) is 40.9 Å². The summed E-state index contributed by atoms with van der Waals surface area (Å²) < 4.78 is 5.18. The molecule has 1 aromatic carbocycles. The first-order valence-corrected chi connectivity index (χ1v) is 11.1. The van der Waals surface area contributed by atoms with Gasteiger partial charge in [-0.25, -0.2) is 9.78 Å². The van der Waals surface area contributed by atoms with Crippen molar-refractivity contribution >= 4 is 51.7 Å². The van der Waals surface area contributed by atoms with Crippen molar-refractivity contribution in [2.45, 2.75) is 27.7 Å². The highest BCUT2D eigenvalue weighted by atomic mass is 32.2. The summed E-state index contributed by atoms with van der Waals surface area (Å²) in [5.74, 6) is -0.453. The summed E-state index contributed by atoms with van der Waals surface area (Å²) in [4.78, 5) is 40.9. The van der Waals surface area contributed by atoms with E-state index in [9.17, 15) is 14.4 Å². The van der Waals surface area contributed by atoms with Crippen molar-refractivity contribution in [3.05, 3.63) is 40.4 Å². The molecule has 0 unspecified atom stereocenters. The highest BCUT2D eigenvalue weighted by Crippen LogP contribution is 2.23. The van der Waals surface area contributed by atoms with Crippen LogP contribution in [0.3, 0.4) is 0 Å². The van der Waals surface area contributed by atoms with Crippen LogP contribution in [0.4, 0.5) is 10.8 Å². The second-order valence-electron chi connectivity index (χ2n) is 6.87. The number of nitrogens with one attached hydrogen (secondary N) is 2. The molecule has 2 N–H and O–H groups in total. The Labute approximate surface area is 178 Å². The number of esters is 1. The third-order valence-electron chi connectivity index (χ3n) is 3.59. The van der Waals surface area contributed by atoms with Crippen LogP contribution in [0, 0.1) is 19.8 Å². The Balaban J connectivity index is 1.76. The minimum absolute atomic E-state index is 0.104. The third kappa shape index (κ3) is 7.86. The minimum Gasteiger partial charge on any atom is -0.461 e. The second kappa shape index (κ2) is 11.0. The molecule has 9 heteroatoms. The molecule has 0 saturated heterocycles. The number of carbonyl (C=O) groups excluding carboxylic acids is 3. The summed E-state index contributed by atoms with van der Waals surface area (Å²) >= 11 is 2.42. The molecule has 0 radical (unpaired) electrons. The van der Waals surface area contributed by atoms with E-state index in [0.717, 1.165) is 11.3 Å². The van der Waals surface area contributed by atoms with E-state index in [1.54, 1.807) is 6.92 Å². The molecule has 0 aliphatic heterocycles. The van der Waals surface area contributed by atoms with E-state index < -0.39 is 5.97 Å². The van der Waals surface area contributed by atoms with E-state index in [2.05, 4.69) is 15.6 Å². The molecule has 0 bridgehead atoms. The number of aromatic nitrogens is 1. The van der Waals surface area contributed by atoms with Crippen LogP contribution in [0.15, 0.2) is 24.3 Å². The number of anilines is 2. The Morgan fingerprint density at radius 1 is 1.07 bits per heavy atom. The molecule has 2 amide bonds. The number of carbonyl (C=O) groups is 3. The van der Waals surface area contributed by atoms with Gasteiger partial charge in [0.25, 0.3) is 0 Å². The number of hydrogen-bond donors (Lipinski definition) is 2. The minimum atomic E-state index is -0.491. The van der Waals surface area contributed by atoms with Gasteiger partial charge in [0, 0.05) is 10.6 Å². The van der Waals surface area contributed by atoms with Crippen molar-refractivity contribution in [3.8, 4) is 0 Å². The van der Waals surface area contributed by atoms with Crippen molar-refractivity contribution in [3.63, 3.8) is 0 Å². The van der Waals surface area contributed by atoms with Gasteiger partial charge in [-0.2, -0.15) is 0 Å². The van der Waals surface area contributed by atoms with E-state index in [4.69, 9.17) is 4.74 Å². The molecular weight excluding hydrogens is 410 g/mol. The predicted molar refractivity (Wildman–Crippen MR) is 118 cm³/mol. The first-order chi connectivity index (χ1) is 13.7. The molecule has 0 aliphatic rings. The number of amides is 2. The molecule has 1 aromatic heterocycles. The van der Waals surface area contributed by atoms with Gasteiger partial charge >= 0.3 is 5.97 Å². The van der Waals surface area contributed by atoms with Gasteiger partial charge in [0.15, 0.2) is 10.8 Å². The average Bonchev–Trinajstić information content (AvgIpc) is 3.01. The van der Waals surface area contributed by atoms with Crippen molar-refractivity contribution in [2.75, 3.05) is 28.7 Å². The summed E-state index contributed by atoms with van der Waals surface area (Å²) in [6.45, 7) is 7.95. The maximum atomic E-state index is 12.1. The van der Waals surface area contributed by atoms with Gasteiger partial charge < -0.3 is 15.4 Å². The van der Waals surface area contributed by atoms with E-state index in [1.165, 1.54) is 23.1 Å². The van der Waals surface area contributed by atoms with Gasteiger partial charge in [0.2, 0.25) is 11.8 Å². The monoisotopic (exact) mass is 435 g/mol. The van der Waals surface area contributed by atoms with Crippen LogP contribution in [0.25, 0.3) is 0 Å². The van der Waals surface area contributed by atoms with E-state index in [-0.39, 0.29) is 34.9 Å². The summed E-state index contributed by atoms with van der Waals surface area (Å²) in [5, 5.41) is 5.78. The Kier molecular flexibility index (Phi) is 8.66. The summed E-state index contributed by atoms with van der Waals surface area (Å²) in [5.41, 5.74) is 2.06. The van der Waals surface area contributed by atoms with Gasteiger partial charge in [-0.05, 0) is 31.9 Å². The van der Waals surface area contributed by atoms with E-state index >= 15 is 0 Å². The summed E-state index contributed by atoms with van der Waals surface area (Å²) in [7, 11) is 0. The smallest absolute Gasteiger partial charge is 0.358 e. The molecule has 2 rings (SSSR count). The van der Waals surface area contributed by atoms with Crippen molar-refractivity contribution in [2.24, 2.45) is 5.92 Å². The number of rotatable bonds is 9. The standard InChI is InChI=1S/C20H25N3O4S2/c1-12(2)9-27-19(26)18-14(4)29-20(23-18)22-17(25)11-28-10-16(24)21-15-7-5-13(3)6-8-15/h5-8,12H,9-11H2,1-4H3,(H,21,24)(H,22,23,25). The first-order valence-electron chi connectivity index (χ1n) is 9.13. The zero-order valence-corrected chi connectivity index (χ0v) is 18.5. The quantitative estimate of drug-likeness (QED) is 0.580. The van der Waals surface area contributed by atoms with Crippen LogP contribution in [-0.2, 0) is 14.3 Å². The Bertz CT molecular complexity index is 863. The molecule has 0 saturated carbocycles. The van der Waals surface area contributed by atoms with Gasteiger partial charge in [-0.3, -0.25) is 9.59 Å². The molecule has 0 spiro atoms. The summed E-state index contributed by atoms with van der Waals surface area (Å²) in [6, 6.07) is 7.50. The van der Waals surface area contributed by atoms with Crippen molar-refractivity contribution < 1.29 is 19.1 Å². The fraction of sp³-hybridized carbons (Fsp3) is 0.400. The summed E-state index contributed by atoms with van der Waals surface area (Å²) in [6.07, 6.45) is 0. The second-order valence-corrected chi connectivity index (χ2v) is 9.06. The highest BCUT2D eigenvalue weighted by molar-refractivity contribution is 8.00. The van der Waals surface area contributed by atoms with Crippen LogP contribution < -0.4 is 10.6 Å². The Morgan fingerprint density at radius 2 is 1.69 bits per heavy atom.